The van der Waals surface area contributed by atoms with Crippen LogP contribution in [0, 0.1) is 0 Å². The van der Waals surface area contributed by atoms with Gasteiger partial charge in [0.15, 0.2) is 0 Å². The Bertz CT molecular complexity index is 345. The largest absolute Gasteiger partial charge is 0.480 e. The van der Waals surface area contributed by atoms with Crippen molar-refractivity contribution in [1.29, 1.82) is 0 Å². The summed E-state index contributed by atoms with van der Waals surface area (Å²) < 4.78 is 10.1. The lowest BCUT2D eigenvalue weighted by molar-refractivity contribution is -0.148. The average molecular weight is 303 g/mol. The van der Waals surface area contributed by atoms with E-state index in [1.54, 1.807) is 7.11 Å². The molecule has 1 rings (SSSR count). The predicted molar refractivity (Wildman–Crippen MR) is 76.3 cm³/mol. The Hall–Kier alpha value is -1.38. The Kier molecular flexibility index (Phi) is 7.41. The van der Waals surface area contributed by atoms with Gasteiger partial charge in [-0.2, -0.15) is 0 Å². The highest BCUT2D eigenvalue weighted by Crippen LogP contribution is 2.20. The molecule has 1 saturated heterocycles. The second-order valence-corrected chi connectivity index (χ2v) is 5.18. The van der Waals surface area contributed by atoms with E-state index in [0.29, 0.717) is 32.9 Å². The van der Waals surface area contributed by atoms with Crippen LogP contribution in [-0.2, 0) is 14.3 Å². The number of nitrogens with one attached hydrogen (secondary N) is 2. The van der Waals surface area contributed by atoms with E-state index in [-0.39, 0.29) is 12.8 Å². The Morgan fingerprint density at radius 2 is 2.00 bits per heavy atom. The number of urea groups is 1. The Morgan fingerprint density at radius 1 is 1.33 bits per heavy atom. The molecule has 8 nitrogen and oxygen atoms in total. The van der Waals surface area contributed by atoms with Gasteiger partial charge < -0.3 is 30.1 Å². The summed E-state index contributed by atoms with van der Waals surface area (Å²) in [6.07, 6.45) is 0.562. The van der Waals surface area contributed by atoms with E-state index in [1.165, 1.54) is 0 Å². The van der Waals surface area contributed by atoms with Crippen molar-refractivity contribution in [3.05, 3.63) is 0 Å². The minimum Gasteiger partial charge on any atom is -0.480 e. The summed E-state index contributed by atoms with van der Waals surface area (Å²) in [5, 5.41) is 14.6. The smallest absolute Gasteiger partial charge is 0.329 e. The third-order valence-electron chi connectivity index (χ3n) is 3.56. The fourth-order valence-corrected chi connectivity index (χ4v) is 2.09. The lowest BCUT2D eigenvalue weighted by Gasteiger charge is -2.33. The average Bonchev–Trinajstić information content (AvgIpc) is 2.45. The van der Waals surface area contributed by atoms with E-state index in [4.69, 9.17) is 9.47 Å². The molecule has 0 saturated carbocycles. The van der Waals surface area contributed by atoms with Gasteiger partial charge in [0.05, 0.1) is 6.61 Å². The number of carbonyl (C=O) groups is 2. The number of likely N-dealkylation sites (N-methyl/N-ethyl adjacent to an activating group) is 1. The van der Waals surface area contributed by atoms with Gasteiger partial charge in [0.2, 0.25) is 0 Å². The van der Waals surface area contributed by atoms with Gasteiger partial charge >= 0.3 is 12.0 Å². The summed E-state index contributed by atoms with van der Waals surface area (Å²) in [6.45, 7) is 3.19. The second kappa shape index (κ2) is 8.81. The molecule has 0 aliphatic carbocycles. The number of rotatable bonds is 8. The van der Waals surface area contributed by atoms with Crippen LogP contribution in [0.25, 0.3) is 0 Å². The number of methoxy groups -OCH3 is 1. The summed E-state index contributed by atoms with van der Waals surface area (Å²) in [4.78, 5) is 25.3. The van der Waals surface area contributed by atoms with Crippen LogP contribution in [0.1, 0.15) is 12.8 Å². The van der Waals surface area contributed by atoms with Gasteiger partial charge in [-0.15, -0.1) is 0 Å². The van der Waals surface area contributed by atoms with Crippen LogP contribution in [0.3, 0.4) is 0 Å². The number of hydrogen-bond acceptors (Lipinski definition) is 5. The first-order chi connectivity index (χ1) is 10.00. The van der Waals surface area contributed by atoms with Gasteiger partial charge in [-0.3, -0.25) is 0 Å². The van der Waals surface area contributed by atoms with Gasteiger partial charge in [-0.1, -0.05) is 0 Å². The summed E-state index contributed by atoms with van der Waals surface area (Å²) in [6, 6.07) is -0.459. The number of aliphatic carboxylic acids is 1. The van der Waals surface area contributed by atoms with E-state index >= 15 is 0 Å². The number of ether oxygens (including phenoxy) is 2. The molecule has 3 N–H and O–H groups in total. The molecule has 0 unspecified atom stereocenters. The van der Waals surface area contributed by atoms with Crippen molar-refractivity contribution in [3.8, 4) is 0 Å². The second-order valence-electron chi connectivity index (χ2n) is 5.18. The SMILES string of the molecule is COCCN(C)CCNC(=O)NC1(C(=O)O)CCOCC1. The van der Waals surface area contributed by atoms with Crippen molar-refractivity contribution in [2.24, 2.45) is 0 Å². The zero-order chi connectivity index (χ0) is 15.7. The number of carboxylic acids is 1. The van der Waals surface area contributed by atoms with E-state index in [0.717, 1.165) is 6.54 Å². The third-order valence-corrected chi connectivity index (χ3v) is 3.56. The number of nitrogens with zero attached hydrogens (tertiary/aromatic N) is 1. The van der Waals surface area contributed by atoms with Crippen molar-refractivity contribution in [2.75, 3.05) is 53.6 Å². The standard InChI is InChI=1S/C13H25N3O5/c1-16(7-10-20-2)6-5-14-12(19)15-13(11(17)18)3-8-21-9-4-13/h3-10H2,1-2H3,(H,17,18)(H2,14,15,19). The number of carbonyl (C=O) groups excluding carboxylic acids is 1. The lowest BCUT2D eigenvalue weighted by Crippen LogP contribution is -2.60. The topological polar surface area (TPSA) is 100 Å². The summed E-state index contributed by atoms with van der Waals surface area (Å²) in [5.41, 5.74) is -1.22. The molecule has 0 aromatic carbocycles. The first kappa shape index (κ1) is 17.7. The van der Waals surface area contributed by atoms with E-state index in [9.17, 15) is 14.7 Å². The molecule has 1 heterocycles. The lowest BCUT2D eigenvalue weighted by atomic mass is 9.90. The molecule has 0 aromatic rings. The zero-order valence-corrected chi connectivity index (χ0v) is 12.7. The van der Waals surface area contributed by atoms with E-state index < -0.39 is 17.5 Å². The molecule has 0 atom stereocenters. The van der Waals surface area contributed by atoms with Crippen molar-refractivity contribution in [2.45, 2.75) is 18.4 Å². The molecule has 1 aliphatic rings. The van der Waals surface area contributed by atoms with Crippen LogP contribution in [0.4, 0.5) is 4.79 Å². The van der Waals surface area contributed by atoms with Crippen molar-refractivity contribution < 1.29 is 24.2 Å². The van der Waals surface area contributed by atoms with Gasteiger partial charge in [-0.25, -0.2) is 9.59 Å². The monoisotopic (exact) mass is 303 g/mol. The fourth-order valence-electron chi connectivity index (χ4n) is 2.09. The Morgan fingerprint density at radius 3 is 2.57 bits per heavy atom. The van der Waals surface area contributed by atoms with Crippen LogP contribution in [0.5, 0.6) is 0 Å². The maximum atomic E-state index is 11.8. The molecular weight excluding hydrogens is 278 g/mol. The predicted octanol–water partition coefficient (Wildman–Crippen LogP) is -0.502. The Labute approximate surface area is 124 Å². The van der Waals surface area contributed by atoms with Crippen molar-refractivity contribution in [3.63, 3.8) is 0 Å². The van der Waals surface area contributed by atoms with Gasteiger partial charge in [-0.05, 0) is 7.05 Å². The fraction of sp³-hybridized carbons (Fsp3) is 0.846. The molecule has 0 aromatic heterocycles. The van der Waals surface area contributed by atoms with Crippen LogP contribution >= 0.6 is 0 Å². The van der Waals surface area contributed by atoms with Crippen LogP contribution < -0.4 is 10.6 Å². The maximum Gasteiger partial charge on any atom is 0.329 e. The van der Waals surface area contributed by atoms with Gasteiger partial charge in [0.1, 0.15) is 5.54 Å². The third kappa shape index (κ3) is 5.86. The molecule has 1 fully saturated rings. The molecule has 0 spiro atoms. The minimum atomic E-state index is -1.22. The minimum absolute atomic E-state index is 0.281. The highest BCUT2D eigenvalue weighted by molar-refractivity contribution is 5.86. The number of hydrogen-bond donors (Lipinski definition) is 3. The Balaban J connectivity index is 2.33. The molecule has 8 heteroatoms. The van der Waals surface area contributed by atoms with E-state index in [2.05, 4.69) is 10.6 Å². The zero-order valence-electron chi connectivity index (χ0n) is 12.7. The molecule has 1 aliphatic heterocycles. The molecule has 122 valence electrons. The summed E-state index contributed by atoms with van der Waals surface area (Å²) >= 11 is 0. The van der Waals surface area contributed by atoms with Crippen molar-refractivity contribution >= 4 is 12.0 Å². The molecular formula is C13H25N3O5. The summed E-state index contributed by atoms with van der Waals surface area (Å²) in [5.74, 6) is -1.02. The van der Waals surface area contributed by atoms with E-state index in [1.807, 2.05) is 11.9 Å². The molecule has 2 amide bonds. The first-order valence-corrected chi connectivity index (χ1v) is 7.05. The highest BCUT2D eigenvalue weighted by atomic mass is 16.5. The van der Waals surface area contributed by atoms with Crippen LogP contribution in [0.15, 0.2) is 0 Å². The van der Waals surface area contributed by atoms with Crippen LogP contribution in [0.2, 0.25) is 0 Å². The van der Waals surface area contributed by atoms with Crippen LogP contribution in [-0.4, -0.2) is 81.2 Å². The number of amides is 2. The van der Waals surface area contributed by atoms with Gasteiger partial charge in [0, 0.05) is 52.8 Å². The first-order valence-electron chi connectivity index (χ1n) is 7.05. The molecule has 0 bridgehead atoms. The molecule has 21 heavy (non-hydrogen) atoms. The van der Waals surface area contributed by atoms with Crippen molar-refractivity contribution in [1.82, 2.24) is 15.5 Å². The number of carboxylic acid groups (broad SMARTS) is 1. The molecule has 0 radical (unpaired) electrons. The highest BCUT2D eigenvalue weighted by Gasteiger charge is 2.41. The van der Waals surface area contributed by atoms with Gasteiger partial charge in [0.25, 0.3) is 0 Å². The normalized spacial score (nSPS) is 17.5. The quantitative estimate of drug-likeness (QED) is 0.559. The summed E-state index contributed by atoms with van der Waals surface area (Å²) in [7, 11) is 3.56. The maximum absolute atomic E-state index is 11.8.